The highest BCUT2D eigenvalue weighted by Crippen LogP contribution is 1.97. The van der Waals surface area contributed by atoms with E-state index in [4.69, 9.17) is 10.3 Å². The molecular formula is C5H9NO4S. The summed E-state index contributed by atoms with van der Waals surface area (Å²) in [5, 5.41) is -1.19. The summed E-state index contributed by atoms with van der Waals surface area (Å²) in [6.07, 6.45) is 2.42. The maximum absolute atomic E-state index is 10.4. The first-order valence-electron chi connectivity index (χ1n) is 2.80. The molecule has 1 unspecified atom stereocenters. The van der Waals surface area contributed by atoms with Crippen LogP contribution in [0.5, 0.6) is 0 Å². The molecule has 0 rings (SSSR count). The van der Waals surface area contributed by atoms with Gasteiger partial charge in [0.05, 0.1) is 0 Å². The molecule has 64 valence electrons. The van der Waals surface area contributed by atoms with Gasteiger partial charge in [-0.1, -0.05) is 6.08 Å². The van der Waals surface area contributed by atoms with E-state index < -0.39 is 15.4 Å². The number of aldehydes is 1. The molecule has 5 nitrogen and oxygen atoms in total. The number of hydrogen-bond acceptors (Lipinski definition) is 4. The van der Waals surface area contributed by atoms with E-state index in [1.807, 2.05) is 0 Å². The molecule has 0 aromatic carbocycles. The molecule has 0 aromatic rings. The van der Waals surface area contributed by atoms with Crippen molar-refractivity contribution in [3.8, 4) is 0 Å². The number of nitrogens with two attached hydrogens (primary N) is 1. The summed E-state index contributed by atoms with van der Waals surface area (Å²) >= 11 is 0. The molecule has 0 spiro atoms. The number of carbonyl (C=O) groups is 1. The minimum atomic E-state index is -4.16. The molecule has 6 heteroatoms. The Bertz CT molecular complexity index is 243. The van der Waals surface area contributed by atoms with E-state index in [-0.39, 0.29) is 6.54 Å². The highest BCUT2D eigenvalue weighted by atomic mass is 32.2. The molecule has 0 bridgehead atoms. The molecule has 0 saturated heterocycles. The van der Waals surface area contributed by atoms with Crippen LogP contribution < -0.4 is 5.73 Å². The Morgan fingerprint density at radius 1 is 1.55 bits per heavy atom. The van der Waals surface area contributed by atoms with Gasteiger partial charge in [-0.3, -0.25) is 9.35 Å². The van der Waals surface area contributed by atoms with Gasteiger partial charge in [0.1, 0.15) is 11.5 Å². The molecule has 0 heterocycles. The third-order valence-corrected chi connectivity index (χ3v) is 2.13. The van der Waals surface area contributed by atoms with Crippen LogP contribution in [0, 0.1) is 0 Å². The van der Waals surface area contributed by atoms with Gasteiger partial charge < -0.3 is 5.73 Å². The van der Waals surface area contributed by atoms with Crippen molar-refractivity contribution in [2.24, 2.45) is 5.73 Å². The maximum Gasteiger partial charge on any atom is 0.272 e. The highest BCUT2D eigenvalue weighted by molar-refractivity contribution is 7.86. The Kier molecular flexibility index (Phi) is 3.94. The van der Waals surface area contributed by atoms with Crippen molar-refractivity contribution in [2.75, 3.05) is 6.54 Å². The van der Waals surface area contributed by atoms with Gasteiger partial charge in [0.2, 0.25) is 0 Å². The molecule has 0 aliphatic heterocycles. The lowest BCUT2D eigenvalue weighted by molar-refractivity contribution is -0.104. The van der Waals surface area contributed by atoms with E-state index in [1.165, 1.54) is 0 Å². The lowest BCUT2D eigenvalue weighted by Gasteiger charge is -2.03. The zero-order valence-corrected chi connectivity index (χ0v) is 6.49. The van der Waals surface area contributed by atoms with Gasteiger partial charge in [-0.2, -0.15) is 8.42 Å². The number of rotatable bonds is 4. The standard InChI is InChI=1S/C5H9NO4S/c6-4-5(2-1-3-7)11(8,9)10/h1-3,5H,4,6H2,(H,8,9,10). The van der Waals surface area contributed by atoms with Gasteiger partial charge in [-0.25, -0.2) is 0 Å². The van der Waals surface area contributed by atoms with Crippen LogP contribution in [0.1, 0.15) is 0 Å². The Hall–Kier alpha value is -0.720. The maximum atomic E-state index is 10.4. The van der Waals surface area contributed by atoms with E-state index in [2.05, 4.69) is 0 Å². The Labute approximate surface area is 64.6 Å². The van der Waals surface area contributed by atoms with Crippen LogP contribution in [-0.2, 0) is 14.9 Å². The molecule has 0 radical (unpaired) electrons. The second kappa shape index (κ2) is 4.22. The zero-order valence-electron chi connectivity index (χ0n) is 5.67. The Balaban J connectivity index is 4.43. The Morgan fingerprint density at radius 3 is 2.36 bits per heavy atom. The van der Waals surface area contributed by atoms with Gasteiger partial charge in [-0.05, 0) is 6.08 Å². The topological polar surface area (TPSA) is 97.5 Å². The van der Waals surface area contributed by atoms with E-state index in [1.54, 1.807) is 0 Å². The molecule has 0 amide bonds. The predicted octanol–water partition coefficient (Wildman–Crippen LogP) is -1.04. The van der Waals surface area contributed by atoms with Crippen molar-refractivity contribution >= 4 is 16.4 Å². The van der Waals surface area contributed by atoms with Gasteiger partial charge in [-0.15, -0.1) is 0 Å². The zero-order chi connectivity index (χ0) is 8.91. The SMILES string of the molecule is NCC(C=CC=O)S(=O)(=O)O. The molecule has 1 atom stereocenters. The molecule has 0 aliphatic carbocycles. The lowest BCUT2D eigenvalue weighted by atomic mass is 10.4. The van der Waals surface area contributed by atoms with Crippen LogP contribution in [0.15, 0.2) is 12.2 Å². The fourth-order valence-corrected chi connectivity index (χ4v) is 1.00. The largest absolute Gasteiger partial charge is 0.329 e. The average Bonchev–Trinajstić information content (AvgIpc) is 1.87. The summed E-state index contributed by atoms with van der Waals surface area (Å²) in [4.78, 5) is 9.75. The fourth-order valence-electron chi connectivity index (χ4n) is 0.469. The fraction of sp³-hybridized carbons (Fsp3) is 0.400. The van der Waals surface area contributed by atoms with Gasteiger partial charge in [0, 0.05) is 6.54 Å². The van der Waals surface area contributed by atoms with E-state index in [0.29, 0.717) is 6.29 Å². The lowest BCUT2D eigenvalue weighted by Crippen LogP contribution is -2.27. The summed E-state index contributed by atoms with van der Waals surface area (Å²) in [7, 11) is -4.16. The predicted molar refractivity (Wildman–Crippen MR) is 39.6 cm³/mol. The first-order chi connectivity index (χ1) is 5.02. The van der Waals surface area contributed by atoms with E-state index >= 15 is 0 Å². The van der Waals surface area contributed by atoms with Crippen LogP contribution in [0.4, 0.5) is 0 Å². The van der Waals surface area contributed by atoms with E-state index in [9.17, 15) is 13.2 Å². The molecular weight excluding hydrogens is 170 g/mol. The van der Waals surface area contributed by atoms with Crippen LogP contribution in [0.25, 0.3) is 0 Å². The summed E-state index contributed by atoms with van der Waals surface area (Å²) in [5.41, 5.74) is 4.99. The van der Waals surface area contributed by atoms with Crippen molar-refractivity contribution in [2.45, 2.75) is 5.25 Å². The van der Waals surface area contributed by atoms with Crippen molar-refractivity contribution in [3.05, 3.63) is 12.2 Å². The monoisotopic (exact) mass is 179 g/mol. The van der Waals surface area contributed by atoms with Crippen molar-refractivity contribution in [1.29, 1.82) is 0 Å². The molecule has 3 N–H and O–H groups in total. The van der Waals surface area contributed by atoms with Gasteiger partial charge in [0.15, 0.2) is 0 Å². The summed E-state index contributed by atoms with van der Waals surface area (Å²) in [6.45, 7) is -0.247. The smallest absolute Gasteiger partial charge is 0.272 e. The second-order valence-corrected chi connectivity index (χ2v) is 3.45. The first-order valence-corrected chi connectivity index (χ1v) is 4.31. The van der Waals surface area contributed by atoms with Crippen molar-refractivity contribution in [1.82, 2.24) is 0 Å². The molecule has 11 heavy (non-hydrogen) atoms. The van der Waals surface area contributed by atoms with Crippen molar-refractivity contribution in [3.63, 3.8) is 0 Å². The number of hydrogen-bond donors (Lipinski definition) is 2. The summed E-state index contributed by atoms with van der Waals surface area (Å²) in [6, 6.07) is 0. The third-order valence-electron chi connectivity index (χ3n) is 1.02. The van der Waals surface area contributed by atoms with Gasteiger partial charge >= 0.3 is 0 Å². The minimum absolute atomic E-state index is 0.247. The molecule has 0 fully saturated rings. The average molecular weight is 179 g/mol. The summed E-state index contributed by atoms with van der Waals surface area (Å²) in [5.74, 6) is 0. The quantitative estimate of drug-likeness (QED) is 0.326. The van der Waals surface area contributed by atoms with E-state index in [0.717, 1.165) is 12.2 Å². The minimum Gasteiger partial charge on any atom is -0.329 e. The molecule has 0 aromatic heterocycles. The second-order valence-electron chi connectivity index (χ2n) is 1.81. The number of allylic oxidation sites excluding steroid dienone is 1. The van der Waals surface area contributed by atoms with Crippen LogP contribution >= 0.6 is 0 Å². The van der Waals surface area contributed by atoms with Crippen LogP contribution in [0.2, 0.25) is 0 Å². The molecule has 0 aliphatic rings. The first kappa shape index (κ1) is 10.3. The third kappa shape index (κ3) is 3.87. The normalized spacial score (nSPS) is 15.1. The van der Waals surface area contributed by atoms with Crippen molar-refractivity contribution < 1.29 is 17.8 Å². The van der Waals surface area contributed by atoms with Crippen LogP contribution in [-0.4, -0.2) is 31.1 Å². The summed E-state index contributed by atoms with van der Waals surface area (Å²) < 4.78 is 29.2. The Morgan fingerprint density at radius 2 is 2.09 bits per heavy atom. The van der Waals surface area contributed by atoms with Gasteiger partial charge in [0.25, 0.3) is 10.1 Å². The van der Waals surface area contributed by atoms with Crippen LogP contribution in [0.3, 0.4) is 0 Å². The number of carbonyl (C=O) groups excluding carboxylic acids is 1. The molecule has 0 saturated carbocycles. The highest BCUT2D eigenvalue weighted by Gasteiger charge is 2.16.